The van der Waals surface area contributed by atoms with Gasteiger partial charge in [-0.25, -0.2) is 14.8 Å². The van der Waals surface area contributed by atoms with Gasteiger partial charge in [0.25, 0.3) is 0 Å². The Balaban J connectivity index is 0.00000196. The third kappa shape index (κ3) is 3.05. The summed E-state index contributed by atoms with van der Waals surface area (Å²) >= 11 is 1.34. The molecule has 4 heterocycles. The van der Waals surface area contributed by atoms with Gasteiger partial charge >= 0.3 is 5.97 Å². The van der Waals surface area contributed by atoms with E-state index >= 15 is 0 Å². The molecule has 3 aromatic heterocycles. The maximum absolute atomic E-state index is 12.5. The molecule has 1 aliphatic heterocycles. The van der Waals surface area contributed by atoms with Crippen LogP contribution in [0.1, 0.15) is 16.8 Å². The summed E-state index contributed by atoms with van der Waals surface area (Å²) in [6.45, 7) is 1.50. The minimum atomic E-state index is -1.27. The third-order valence-corrected chi connectivity index (χ3v) is 5.01. The molecule has 0 bridgehead atoms. The van der Waals surface area contributed by atoms with Crippen LogP contribution in [-0.2, 0) is 0 Å². The van der Waals surface area contributed by atoms with Crippen LogP contribution in [0.5, 0.6) is 0 Å². The summed E-state index contributed by atoms with van der Waals surface area (Å²) < 4.78 is 1.56. The number of anilines is 1. The predicted octanol–water partition coefficient (Wildman–Crippen LogP) is 1.50. The van der Waals surface area contributed by atoms with Gasteiger partial charge in [0.15, 0.2) is 10.8 Å². The number of halogens is 1. The zero-order valence-electron chi connectivity index (χ0n) is 13.5. The van der Waals surface area contributed by atoms with Gasteiger partial charge in [0.2, 0.25) is 5.43 Å². The summed E-state index contributed by atoms with van der Waals surface area (Å²) in [5, 5.41) is 11.9. The van der Waals surface area contributed by atoms with E-state index in [0.29, 0.717) is 23.1 Å². The van der Waals surface area contributed by atoms with Crippen molar-refractivity contribution in [1.82, 2.24) is 14.5 Å². The number of fused-ring (bicyclic) bond motifs is 1. The van der Waals surface area contributed by atoms with E-state index in [2.05, 4.69) is 14.9 Å². The number of nitrogens with two attached hydrogens (primary N) is 1. The van der Waals surface area contributed by atoms with Crippen LogP contribution < -0.4 is 16.1 Å². The number of carboxylic acid groups (broad SMARTS) is 1. The average molecular weight is 394 g/mol. The van der Waals surface area contributed by atoms with Crippen LogP contribution in [0.25, 0.3) is 16.2 Å². The Bertz CT molecular complexity index is 1020. The first-order valence-electron chi connectivity index (χ1n) is 7.74. The highest BCUT2D eigenvalue weighted by Crippen LogP contribution is 2.23. The van der Waals surface area contributed by atoms with Crippen molar-refractivity contribution >= 4 is 46.6 Å². The van der Waals surface area contributed by atoms with Crippen molar-refractivity contribution < 1.29 is 9.90 Å². The van der Waals surface area contributed by atoms with Crippen LogP contribution in [0.2, 0.25) is 0 Å². The highest BCUT2D eigenvalue weighted by Gasteiger charge is 2.22. The SMILES string of the molecule is Cl.NC1CCN(c2ccc3c(=O)c(C(=O)O)cn(-c4nccs4)c3n2)C1. The van der Waals surface area contributed by atoms with E-state index in [-0.39, 0.29) is 29.4 Å². The Hall–Kier alpha value is -2.49. The molecule has 0 saturated carbocycles. The maximum Gasteiger partial charge on any atom is 0.341 e. The van der Waals surface area contributed by atoms with Gasteiger partial charge in [0.05, 0.1) is 5.39 Å². The number of hydrogen-bond acceptors (Lipinski definition) is 7. The lowest BCUT2D eigenvalue weighted by molar-refractivity contribution is 0.0695. The van der Waals surface area contributed by atoms with Crippen LogP contribution in [0.3, 0.4) is 0 Å². The van der Waals surface area contributed by atoms with Gasteiger partial charge in [-0.1, -0.05) is 0 Å². The molecule has 4 rings (SSSR count). The van der Waals surface area contributed by atoms with E-state index in [1.165, 1.54) is 17.5 Å². The molecule has 1 saturated heterocycles. The molecule has 0 aromatic carbocycles. The smallest absolute Gasteiger partial charge is 0.341 e. The van der Waals surface area contributed by atoms with Crippen LogP contribution in [0, 0.1) is 0 Å². The summed E-state index contributed by atoms with van der Waals surface area (Å²) in [7, 11) is 0. The zero-order valence-corrected chi connectivity index (χ0v) is 15.2. The van der Waals surface area contributed by atoms with Crippen LogP contribution in [0.15, 0.2) is 34.7 Å². The number of aromatic nitrogens is 3. The summed E-state index contributed by atoms with van der Waals surface area (Å²) in [4.78, 5) is 34.8. The lowest BCUT2D eigenvalue weighted by Gasteiger charge is -2.18. The molecule has 136 valence electrons. The second kappa shape index (κ2) is 7.02. The van der Waals surface area contributed by atoms with Crippen LogP contribution >= 0.6 is 23.7 Å². The fraction of sp³-hybridized carbons (Fsp3) is 0.250. The number of rotatable bonds is 3. The van der Waals surface area contributed by atoms with Gasteiger partial charge in [-0.2, -0.15) is 0 Å². The molecular formula is C16H16ClN5O3S. The van der Waals surface area contributed by atoms with Crippen molar-refractivity contribution in [2.24, 2.45) is 5.73 Å². The molecule has 3 aromatic rings. The number of pyridine rings is 2. The number of nitrogens with zero attached hydrogens (tertiary/aromatic N) is 4. The van der Waals surface area contributed by atoms with Gasteiger partial charge in [0.1, 0.15) is 11.4 Å². The van der Waals surface area contributed by atoms with E-state index in [1.54, 1.807) is 28.3 Å². The molecule has 1 aliphatic rings. The quantitative estimate of drug-likeness (QED) is 0.692. The molecule has 1 fully saturated rings. The number of carbonyl (C=O) groups is 1. The molecule has 0 amide bonds. The van der Waals surface area contributed by atoms with Crippen molar-refractivity contribution in [3.8, 4) is 5.13 Å². The van der Waals surface area contributed by atoms with E-state index < -0.39 is 11.4 Å². The second-order valence-corrected chi connectivity index (χ2v) is 6.77. The van der Waals surface area contributed by atoms with Crippen LogP contribution in [-0.4, -0.2) is 44.7 Å². The van der Waals surface area contributed by atoms with Crippen molar-refractivity contribution in [2.75, 3.05) is 18.0 Å². The van der Waals surface area contributed by atoms with Gasteiger partial charge < -0.3 is 15.7 Å². The molecule has 26 heavy (non-hydrogen) atoms. The minimum absolute atomic E-state index is 0. The predicted molar refractivity (Wildman–Crippen MR) is 102 cm³/mol. The number of hydrogen-bond donors (Lipinski definition) is 2. The number of carboxylic acids is 1. The van der Waals surface area contributed by atoms with Gasteiger partial charge in [-0.05, 0) is 18.6 Å². The van der Waals surface area contributed by atoms with Crippen molar-refractivity contribution in [1.29, 1.82) is 0 Å². The van der Waals surface area contributed by atoms with Gasteiger partial charge in [0, 0.05) is 36.9 Å². The normalized spacial score (nSPS) is 16.7. The first-order valence-corrected chi connectivity index (χ1v) is 8.62. The Labute approximate surface area is 158 Å². The molecule has 0 radical (unpaired) electrons. The molecule has 0 aliphatic carbocycles. The van der Waals surface area contributed by atoms with Gasteiger partial charge in [-0.3, -0.25) is 9.36 Å². The van der Waals surface area contributed by atoms with Crippen molar-refractivity contribution in [2.45, 2.75) is 12.5 Å². The van der Waals surface area contributed by atoms with Crippen molar-refractivity contribution in [3.05, 3.63) is 45.7 Å². The molecule has 3 N–H and O–H groups in total. The Morgan fingerprint density at radius 3 is 2.81 bits per heavy atom. The third-order valence-electron chi connectivity index (χ3n) is 4.24. The van der Waals surface area contributed by atoms with E-state index in [0.717, 1.165) is 13.0 Å². The topological polar surface area (TPSA) is 114 Å². The molecule has 10 heteroatoms. The Kier molecular flexibility index (Phi) is 4.94. The second-order valence-electron chi connectivity index (χ2n) is 5.90. The van der Waals surface area contributed by atoms with Crippen LogP contribution in [0.4, 0.5) is 5.82 Å². The highest BCUT2D eigenvalue weighted by atomic mass is 35.5. The van der Waals surface area contributed by atoms with E-state index in [9.17, 15) is 14.7 Å². The summed E-state index contributed by atoms with van der Waals surface area (Å²) in [5.74, 6) is -0.556. The highest BCUT2D eigenvalue weighted by molar-refractivity contribution is 7.12. The molecular weight excluding hydrogens is 378 g/mol. The molecule has 1 atom stereocenters. The molecule has 8 nitrogen and oxygen atoms in total. The Morgan fingerprint density at radius 1 is 1.38 bits per heavy atom. The van der Waals surface area contributed by atoms with Gasteiger partial charge in [-0.15, -0.1) is 23.7 Å². The zero-order chi connectivity index (χ0) is 17.6. The first-order chi connectivity index (χ1) is 12.0. The lowest BCUT2D eigenvalue weighted by atomic mass is 10.2. The minimum Gasteiger partial charge on any atom is -0.477 e. The van der Waals surface area contributed by atoms with E-state index in [4.69, 9.17) is 5.73 Å². The van der Waals surface area contributed by atoms with Crippen molar-refractivity contribution in [3.63, 3.8) is 0 Å². The largest absolute Gasteiger partial charge is 0.477 e. The molecule has 1 unspecified atom stereocenters. The fourth-order valence-corrected chi connectivity index (χ4v) is 3.62. The summed E-state index contributed by atoms with van der Waals surface area (Å²) in [5.41, 5.74) is 5.50. The number of aromatic carboxylic acids is 1. The maximum atomic E-state index is 12.5. The number of thiazole rings is 1. The fourth-order valence-electron chi connectivity index (χ4n) is 3.00. The lowest BCUT2D eigenvalue weighted by Crippen LogP contribution is -2.27. The Morgan fingerprint density at radius 2 is 2.19 bits per heavy atom. The summed E-state index contributed by atoms with van der Waals surface area (Å²) in [6, 6.07) is 3.47. The molecule has 0 spiro atoms. The average Bonchev–Trinajstić information content (AvgIpc) is 3.26. The standard InChI is InChI=1S/C16H15N5O3S.ClH/c17-9-3-5-20(7-9)12-2-1-10-13(22)11(15(23)24)8-21(14(10)19-12)16-18-4-6-25-16;/h1-2,4,6,8-9H,3,5,7,17H2,(H,23,24);1H. The van der Waals surface area contributed by atoms with E-state index in [1.807, 2.05) is 0 Å². The first kappa shape index (κ1) is 18.3. The summed E-state index contributed by atoms with van der Waals surface area (Å²) in [6.07, 6.45) is 3.79. The monoisotopic (exact) mass is 393 g/mol.